The van der Waals surface area contributed by atoms with Gasteiger partial charge in [0.15, 0.2) is 0 Å². The molecule has 6 rings (SSSR count). The summed E-state index contributed by atoms with van der Waals surface area (Å²) in [4.78, 5) is 44.1. The number of fused-ring (bicyclic) bond motifs is 5. The van der Waals surface area contributed by atoms with Gasteiger partial charge in [0.2, 0.25) is 17.7 Å². The van der Waals surface area contributed by atoms with Crippen LogP contribution in [0.5, 0.6) is 0 Å². The molecule has 3 aliphatic rings. The van der Waals surface area contributed by atoms with Gasteiger partial charge in [-0.05, 0) is 53.6 Å². The number of hydrogen-bond donors (Lipinski definition) is 1. The molecule has 0 radical (unpaired) electrons. The van der Waals surface area contributed by atoms with Crippen LogP contribution >= 0.6 is 23.2 Å². The van der Waals surface area contributed by atoms with Gasteiger partial charge >= 0.3 is 6.18 Å². The number of nitrogens with one attached hydrogen (secondary N) is 1. The molecule has 0 saturated carbocycles. The van der Waals surface area contributed by atoms with Gasteiger partial charge < -0.3 is 10.2 Å². The SMILES string of the molecule is O=C(Nc1cccc(C(F)(F)F)c1)[C@@H]1[C@@H]2C(=O)N(c3cc(Cl)ccc3Cl)C(=O)[C@@H]2[C@@H]2c3ccccc3C=CN12. The minimum atomic E-state index is -4.60. The van der Waals surface area contributed by atoms with Crippen molar-refractivity contribution in [2.24, 2.45) is 11.8 Å². The van der Waals surface area contributed by atoms with Gasteiger partial charge in [-0.25, -0.2) is 4.90 Å². The van der Waals surface area contributed by atoms with Crippen molar-refractivity contribution < 1.29 is 27.6 Å². The van der Waals surface area contributed by atoms with E-state index in [0.29, 0.717) is 0 Å². The third kappa shape index (κ3) is 4.08. The Morgan fingerprint density at radius 1 is 0.897 bits per heavy atom. The average molecular weight is 572 g/mol. The van der Waals surface area contributed by atoms with Gasteiger partial charge in [-0.3, -0.25) is 14.4 Å². The summed E-state index contributed by atoms with van der Waals surface area (Å²) in [7, 11) is 0. The van der Waals surface area contributed by atoms with Gasteiger partial charge in [0, 0.05) is 16.9 Å². The van der Waals surface area contributed by atoms with Crippen LogP contribution in [0, 0.1) is 11.8 Å². The van der Waals surface area contributed by atoms with Crippen molar-refractivity contribution in [2.45, 2.75) is 18.3 Å². The smallest absolute Gasteiger partial charge is 0.357 e. The number of amides is 3. The fourth-order valence-electron chi connectivity index (χ4n) is 5.74. The van der Waals surface area contributed by atoms with Crippen LogP contribution in [0.4, 0.5) is 24.5 Å². The predicted molar refractivity (Wildman–Crippen MR) is 140 cm³/mol. The van der Waals surface area contributed by atoms with Gasteiger partial charge in [0.1, 0.15) is 6.04 Å². The van der Waals surface area contributed by atoms with Crippen LogP contribution in [0.15, 0.2) is 72.9 Å². The maximum atomic E-state index is 13.9. The lowest BCUT2D eigenvalue weighted by atomic mass is 9.84. The van der Waals surface area contributed by atoms with E-state index in [1.807, 2.05) is 18.2 Å². The van der Waals surface area contributed by atoms with E-state index < -0.39 is 53.4 Å². The third-order valence-electron chi connectivity index (χ3n) is 7.34. The number of halogens is 5. The first kappa shape index (κ1) is 25.5. The van der Waals surface area contributed by atoms with E-state index in [1.165, 1.54) is 30.3 Å². The van der Waals surface area contributed by atoms with Crippen LogP contribution < -0.4 is 10.2 Å². The Kier molecular flexibility index (Phi) is 5.96. The Morgan fingerprint density at radius 3 is 2.41 bits per heavy atom. The molecule has 3 aromatic rings. The molecule has 0 spiro atoms. The molecule has 3 heterocycles. The minimum Gasteiger partial charge on any atom is -0.357 e. The van der Waals surface area contributed by atoms with Crippen LogP contribution in [0.2, 0.25) is 10.0 Å². The number of nitrogens with zero attached hydrogens (tertiary/aromatic N) is 2. The Balaban J connectivity index is 1.43. The predicted octanol–water partition coefficient (Wildman–Crippen LogP) is 6.17. The molecule has 6 nitrogen and oxygen atoms in total. The zero-order valence-corrected chi connectivity index (χ0v) is 21.3. The Labute approximate surface area is 230 Å². The van der Waals surface area contributed by atoms with Crippen LogP contribution in [-0.4, -0.2) is 28.7 Å². The standard InChI is InChI=1S/C28H18Cl2F3N3O3/c29-16-8-9-19(30)20(13-16)36-26(38)21-22(27(36)39)24(35-11-10-14-4-1-2-7-18(14)23(21)35)25(37)34-17-6-3-5-15(12-17)28(31,32)33/h1-13,21-24H,(H,34,37)/t21-,22+,23-,24-/m0/s1. The molecule has 198 valence electrons. The van der Waals surface area contributed by atoms with E-state index in [0.717, 1.165) is 28.2 Å². The molecule has 3 aromatic carbocycles. The lowest BCUT2D eigenvalue weighted by Gasteiger charge is -2.35. The van der Waals surface area contributed by atoms with Crippen LogP contribution in [0.25, 0.3) is 6.08 Å². The summed E-state index contributed by atoms with van der Waals surface area (Å²) in [5.74, 6) is -3.96. The zero-order chi connectivity index (χ0) is 27.6. The second kappa shape index (κ2) is 9.14. The average Bonchev–Trinajstić information content (AvgIpc) is 3.37. The van der Waals surface area contributed by atoms with E-state index in [9.17, 15) is 27.6 Å². The van der Waals surface area contributed by atoms with E-state index >= 15 is 0 Å². The van der Waals surface area contributed by atoms with Crippen molar-refractivity contribution in [1.82, 2.24) is 4.90 Å². The van der Waals surface area contributed by atoms with Crippen molar-refractivity contribution >= 4 is 58.4 Å². The van der Waals surface area contributed by atoms with Gasteiger partial charge in [0.25, 0.3) is 0 Å². The highest BCUT2D eigenvalue weighted by atomic mass is 35.5. The second-order valence-electron chi connectivity index (χ2n) is 9.51. The molecule has 0 aliphatic carbocycles. The first-order valence-corrected chi connectivity index (χ1v) is 12.7. The second-order valence-corrected chi connectivity index (χ2v) is 10.4. The summed E-state index contributed by atoms with van der Waals surface area (Å²) >= 11 is 12.5. The molecule has 3 amide bonds. The number of imide groups is 1. The van der Waals surface area contributed by atoms with Gasteiger partial charge in [-0.2, -0.15) is 13.2 Å². The Bertz CT molecular complexity index is 1570. The topological polar surface area (TPSA) is 69.7 Å². The molecule has 11 heteroatoms. The Hall–Kier alpha value is -3.82. The van der Waals surface area contributed by atoms with Gasteiger partial charge in [0.05, 0.1) is 34.2 Å². The summed E-state index contributed by atoms with van der Waals surface area (Å²) in [5.41, 5.74) is 0.683. The normalized spacial score (nSPS) is 23.5. The number of carbonyl (C=O) groups excluding carboxylic acids is 3. The fourth-order valence-corrected chi connectivity index (χ4v) is 6.11. The van der Waals surface area contributed by atoms with Crippen LogP contribution in [0.3, 0.4) is 0 Å². The van der Waals surface area contributed by atoms with Crippen molar-refractivity contribution in [2.75, 3.05) is 10.2 Å². The molecule has 0 aromatic heterocycles. The number of rotatable bonds is 3. The molecule has 0 bridgehead atoms. The van der Waals surface area contributed by atoms with Crippen molar-refractivity contribution in [3.63, 3.8) is 0 Å². The quantitative estimate of drug-likeness (QED) is 0.382. The summed E-state index contributed by atoms with van der Waals surface area (Å²) in [6, 6.07) is 14.1. The molecule has 0 unspecified atom stereocenters. The summed E-state index contributed by atoms with van der Waals surface area (Å²) in [6.45, 7) is 0. The summed E-state index contributed by atoms with van der Waals surface area (Å²) in [6.07, 6.45) is -1.18. The number of alkyl halides is 3. The molecule has 4 atom stereocenters. The number of carbonyl (C=O) groups is 3. The number of hydrogen-bond acceptors (Lipinski definition) is 4. The highest BCUT2D eigenvalue weighted by molar-refractivity contribution is 6.38. The van der Waals surface area contributed by atoms with Crippen molar-refractivity contribution in [3.8, 4) is 0 Å². The van der Waals surface area contributed by atoms with Crippen LogP contribution in [0.1, 0.15) is 22.7 Å². The number of anilines is 2. The molecule has 3 aliphatic heterocycles. The van der Waals surface area contributed by atoms with E-state index in [-0.39, 0.29) is 21.4 Å². The summed E-state index contributed by atoms with van der Waals surface area (Å²) in [5, 5.41) is 2.93. The zero-order valence-electron chi connectivity index (χ0n) is 19.8. The van der Waals surface area contributed by atoms with E-state index in [4.69, 9.17) is 23.2 Å². The lowest BCUT2D eigenvalue weighted by molar-refractivity contribution is -0.137. The maximum Gasteiger partial charge on any atom is 0.416 e. The summed E-state index contributed by atoms with van der Waals surface area (Å²) < 4.78 is 39.8. The van der Waals surface area contributed by atoms with Crippen molar-refractivity contribution in [1.29, 1.82) is 0 Å². The van der Waals surface area contributed by atoms with E-state index in [2.05, 4.69) is 5.32 Å². The molecule has 2 saturated heterocycles. The largest absolute Gasteiger partial charge is 0.416 e. The molecule has 1 N–H and O–H groups in total. The van der Waals surface area contributed by atoms with Crippen LogP contribution in [-0.2, 0) is 20.6 Å². The Morgan fingerprint density at radius 2 is 1.64 bits per heavy atom. The highest BCUT2D eigenvalue weighted by Gasteiger charge is 2.64. The molecule has 2 fully saturated rings. The molecular formula is C28H18Cl2F3N3O3. The van der Waals surface area contributed by atoms with Crippen molar-refractivity contribution in [3.05, 3.63) is 99.7 Å². The lowest BCUT2D eigenvalue weighted by Crippen LogP contribution is -2.46. The third-order valence-corrected chi connectivity index (χ3v) is 7.89. The monoisotopic (exact) mass is 571 g/mol. The molecule has 39 heavy (non-hydrogen) atoms. The first-order valence-electron chi connectivity index (χ1n) is 11.9. The fraction of sp³-hybridized carbons (Fsp3) is 0.179. The minimum absolute atomic E-state index is 0.0808. The maximum absolute atomic E-state index is 13.9. The van der Waals surface area contributed by atoms with E-state index in [1.54, 1.807) is 23.2 Å². The van der Waals surface area contributed by atoms with Gasteiger partial charge in [-0.15, -0.1) is 0 Å². The highest BCUT2D eigenvalue weighted by Crippen LogP contribution is 2.54. The number of benzene rings is 3. The first-order chi connectivity index (χ1) is 18.6. The molecular weight excluding hydrogens is 554 g/mol. The van der Waals surface area contributed by atoms with Gasteiger partial charge in [-0.1, -0.05) is 53.5 Å².